The summed E-state index contributed by atoms with van der Waals surface area (Å²) in [5, 5.41) is 3.78. The number of hydrogen-bond acceptors (Lipinski definition) is 5. The number of carbonyl (C=O) groups excluding carboxylic acids is 1. The molecule has 1 aromatic rings. The summed E-state index contributed by atoms with van der Waals surface area (Å²) in [6.45, 7) is 6.43. The van der Waals surface area contributed by atoms with E-state index in [-0.39, 0.29) is 6.42 Å². The molecule has 1 atom stereocenters. The summed E-state index contributed by atoms with van der Waals surface area (Å²) in [4.78, 5) is 17.0. The van der Waals surface area contributed by atoms with E-state index in [1.54, 1.807) is 0 Å². The summed E-state index contributed by atoms with van der Waals surface area (Å²) >= 11 is 0. The highest BCUT2D eigenvalue weighted by Gasteiger charge is 2.29. The number of carbonyl (C=O) groups is 1. The maximum atomic E-state index is 10.3. The quantitative estimate of drug-likeness (QED) is 0.713. The Kier molecular flexibility index (Phi) is 3.33. The van der Waals surface area contributed by atoms with Gasteiger partial charge in [-0.1, -0.05) is 5.16 Å². The molecule has 5 nitrogen and oxygen atoms in total. The van der Waals surface area contributed by atoms with E-state index in [1.807, 2.05) is 0 Å². The first-order valence-corrected chi connectivity index (χ1v) is 5.71. The highest BCUT2D eigenvalue weighted by Crippen LogP contribution is 2.26. The molecule has 5 heteroatoms. The molecule has 0 bridgehead atoms. The highest BCUT2D eigenvalue weighted by atomic mass is 16.5. The lowest BCUT2D eigenvalue weighted by molar-refractivity contribution is -0.107. The molecule has 1 saturated heterocycles. The van der Waals surface area contributed by atoms with Crippen LogP contribution < -0.4 is 0 Å². The van der Waals surface area contributed by atoms with Crippen molar-refractivity contribution >= 4 is 6.29 Å². The van der Waals surface area contributed by atoms with Crippen LogP contribution in [0.25, 0.3) is 0 Å². The van der Waals surface area contributed by atoms with Crippen LogP contribution in [0.15, 0.2) is 4.52 Å². The van der Waals surface area contributed by atoms with Crippen molar-refractivity contribution in [3.63, 3.8) is 0 Å². The summed E-state index contributed by atoms with van der Waals surface area (Å²) in [5.74, 6) is 1.50. The summed E-state index contributed by atoms with van der Waals surface area (Å²) in [5.41, 5.74) is 0. The minimum atomic E-state index is 0.240. The highest BCUT2D eigenvalue weighted by molar-refractivity contribution is 5.52. The fourth-order valence-corrected chi connectivity index (χ4v) is 2.05. The van der Waals surface area contributed by atoms with E-state index in [0.29, 0.717) is 23.7 Å². The summed E-state index contributed by atoms with van der Waals surface area (Å²) < 4.78 is 5.18. The number of likely N-dealkylation sites (tertiary alicyclic amines) is 1. The van der Waals surface area contributed by atoms with Gasteiger partial charge in [0.15, 0.2) is 5.82 Å². The molecular formula is C11H17N3O2. The van der Waals surface area contributed by atoms with Crippen LogP contribution in [-0.2, 0) is 11.2 Å². The first-order chi connectivity index (χ1) is 7.70. The Labute approximate surface area is 94.8 Å². The zero-order chi connectivity index (χ0) is 11.5. The number of hydrogen-bond donors (Lipinski definition) is 0. The molecule has 16 heavy (non-hydrogen) atoms. The molecule has 0 aromatic carbocycles. The lowest BCUT2D eigenvalue weighted by Gasteiger charge is -2.19. The van der Waals surface area contributed by atoms with Crippen LogP contribution in [0.2, 0.25) is 0 Å². The van der Waals surface area contributed by atoms with E-state index >= 15 is 0 Å². The van der Waals surface area contributed by atoms with Gasteiger partial charge in [0.25, 0.3) is 0 Å². The third-order valence-electron chi connectivity index (χ3n) is 3.05. The van der Waals surface area contributed by atoms with Gasteiger partial charge in [-0.15, -0.1) is 0 Å². The maximum Gasteiger partial charge on any atom is 0.231 e. The third kappa shape index (κ3) is 2.29. The van der Waals surface area contributed by atoms with E-state index in [1.165, 1.54) is 0 Å². The Morgan fingerprint density at radius 2 is 2.44 bits per heavy atom. The van der Waals surface area contributed by atoms with Crippen molar-refractivity contribution < 1.29 is 9.32 Å². The predicted molar refractivity (Wildman–Crippen MR) is 58.1 cm³/mol. The molecule has 0 N–H and O–H groups in total. The second kappa shape index (κ2) is 4.74. The van der Waals surface area contributed by atoms with Crippen molar-refractivity contribution in [2.75, 3.05) is 13.1 Å². The Bertz CT molecular complexity index is 362. The first kappa shape index (κ1) is 11.3. The number of rotatable bonds is 4. The molecule has 1 unspecified atom stereocenters. The van der Waals surface area contributed by atoms with Crippen LogP contribution in [0.3, 0.4) is 0 Å². The van der Waals surface area contributed by atoms with Gasteiger partial charge in [-0.3, -0.25) is 0 Å². The Morgan fingerprint density at radius 1 is 1.62 bits per heavy atom. The number of aromatic nitrogens is 2. The largest absolute Gasteiger partial charge is 0.339 e. The molecule has 1 aliphatic heterocycles. The second-order valence-corrected chi connectivity index (χ2v) is 4.49. The van der Waals surface area contributed by atoms with Gasteiger partial charge in [-0.05, 0) is 26.8 Å². The lowest BCUT2D eigenvalue weighted by Crippen LogP contribution is -2.27. The Balaban J connectivity index is 2.00. The minimum Gasteiger partial charge on any atom is -0.339 e. The van der Waals surface area contributed by atoms with Crippen molar-refractivity contribution in [3.05, 3.63) is 11.7 Å². The van der Waals surface area contributed by atoms with E-state index in [2.05, 4.69) is 28.9 Å². The average Bonchev–Trinajstić information content (AvgIpc) is 2.84. The number of aldehydes is 1. The van der Waals surface area contributed by atoms with E-state index in [9.17, 15) is 4.79 Å². The van der Waals surface area contributed by atoms with Crippen LogP contribution in [0.4, 0.5) is 0 Å². The van der Waals surface area contributed by atoms with Gasteiger partial charge in [-0.2, -0.15) is 4.98 Å². The smallest absolute Gasteiger partial charge is 0.231 e. The summed E-state index contributed by atoms with van der Waals surface area (Å²) in [7, 11) is 0. The standard InChI is InChI=1S/C11H17N3O2/c1-8(2)14-5-3-9(7-14)11-12-10(4-6-15)13-16-11/h6,8-9H,3-5,7H2,1-2H3. The maximum absolute atomic E-state index is 10.3. The zero-order valence-electron chi connectivity index (χ0n) is 9.72. The van der Waals surface area contributed by atoms with Crippen molar-refractivity contribution in [2.24, 2.45) is 0 Å². The van der Waals surface area contributed by atoms with Crippen LogP contribution >= 0.6 is 0 Å². The summed E-state index contributed by atoms with van der Waals surface area (Å²) in [6, 6.07) is 0.558. The molecular weight excluding hydrogens is 206 g/mol. The molecule has 2 heterocycles. The van der Waals surface area contributed by atoms with Gasteiger partial charge in [0.2, 0.25) is 5.89 Å². The molecule has 1 fully saturated rings. The van der Waals surface area contributed by atoms with E-state index in [4.69, 9.17) is 4.52 Å². The monoisotopic (exact) mass is 223 g/mol. The first-order valence-electron chi connectivity index (χ1n) is 5.71. The van der Waals surface area contributed by atoms with Crippen LogP contribution in [-0.4, -0.2) is 40.5 Å². The molecule has 0 spiro atoms. The number of nitrogens with zero attached hydrogens (tertiary/aromatic N) is 3. The molecule has 88 valence electrons. The van der Waals surface area contributed by atoms with E-state index in [0.717, 1.165) is 25.8 Å². The van der Waals surface area contributed by atoms with Crippen molar-refractivity contribution in [1.82, 2.24) is 15.0 Å². The molecule has 2 rings (SSSR count). The van der Waals surface area contributed by atoms with Gasteiger partial charge >= 0.3 is 0 Å². The van der Waals surface area contributed by atoms with Crippen molar-refractivity contribution in [2.45, 2.75) is 38.6 Å². The van der Waals surface area contributed by atoms with Crippen LogP contribution in [0.5, 0.6) is 0 Å². The Morgan fingerprint density at radius 3 is 3.06 bits per heavy atom. The SMILES string of the molecule is CC(C)N1CCC(c2nc(CC=O)no2)C1. The van der Waals surface area contributed by atoms with Gasteiger partial charge < -0.3 is 14.2 Å². The molecule has 0 radical (unpaired) electrons. The van der Waals surface area contributed by atoms with Crippen LogP contribution in [0.1, 0.15) is 37.9 Å². The fraction of sp³-hybridized carbons (Fsp3) is 0.727. The molecule has 1 aromatic heterocycles. The predicted octanol–water partition coefficient (Wildman–Crippen LogP) is 1.01. The van der Waals surface area contributed by atoms with E-state index < -0.39 is 0 Å². The summed E-state index contributed by atoms with van der Waals surface area (Å²) in [6.07, 6.45) is 2.09. The van der Waals surface area contributed by atoms with Crippen molar-refractivity contribution in [3.8, 4) is 0 Å². The zero-order valence-corrected chi connectivity index (χ0v) is 9.72. The van der Waals surface area contributed by atoms with Gasteiger partial charge in [0.05, 0.1) is 12.3 Å². The van der Waals surface area contributed by atoms with Crippen molar-refractivity contribution in [1.29, 1.82) is 0 Å². The molecule has 0 aliphatic carbocycles. The topological polar surface area (TPSA) is 59.2 Å². The van der Waals surface area contributed by atoms with Crippen LogP contribution in [0, 0.1) is 0 Å². The normalized spacial score (nSPS) is 21.8. The Hall–Kier alpha value is -1.23. The van der Waals surface area contributed by atoms with Gasteiger partial charge in [0.1, 0.15) is 6.29 Å². The molecule has 0 amide bonds. The molecule has 1 aliphatic rings. The minimum absolute atomic E-state index is 0.240. The molecule has 0 saturated carbocycles. The third-order valence-corrected chi connectivity index (χ3v) is 3.05. The average molecular weight is 223 g/mol. The van der Waals surface area contributed by atoms with Gasteiger partial charge in [0, 0.05) is 12.6 Å². The lowest BCUT2D eigenvalue weighted by atomic mass is 10.1. The van der Waals surface area contributed by atoms with Gasteiger partial charge in [-0.25, -0.2) is 0 Å². The second-order valence-electron chi connectivity index (χ2n) is 4.49. The fourth-order valence-electron chi connectivity index (χ4n) is 2.05.